The highest BCUT2D eigenvalue weighted by Gasteiger charge is 2.14. The van der Waals surface area contributed by atoms with Gasteiger partial charge in [0.2, 0.25) is 0 Å². The Morgan fingerprint density at radius 2 is 1.94 bits per heavy atom. The summed E-state index contributed by atoms with van der Waals surface area (Å²) in [4.78, 5) is 10.1. The van der Waals surface area contributed by atoms with Crippen molar-refractivity contribution in [3.63, 3.8) is 0 Å². The molecular weight excluding hydrogens is 235 g/mol. The number of carbonyl (C=O) groups excluding carboxylic acids is 1. The number of halogens is 1. The molecule has 0 aliphatic heterocycles. The summed E-state index contributed by atoms with van der Waals surface area (Å²) in [6.45, 7) is 0. The minimum absolute atomic E-state index is 0.0425. The lowest BCUT2D eigenvalue weighted by Crippen LogP contribution is -2.25. The smallest absolute Gasteiger partial charge is 0.154 e. The van der Waals surface area contributed by atoms with Crippen LogP contribution in [-0.4, -0.2) is 20.1 Å². The molecule has 0 fully saturated rings. The third-order valence-electron chi connectivity index (χ3n) is 1.95. The van der Waals surface area contributed by atoms with Crippen molar-refractivity contribution in [1.82, 2.24) is 0 Å². The van der Waals surface area contributed by atoms with Gasteiger partial charge >= 0.3 is 0 Å². The number of hydrogen-bond acceptors (Lipinski definition) is 4. The molecule has 0 aliphatic rings. The zero-order valence-electron chi connectivity index (χ0n) is 8.35. The first-order valence-corrected chi connectivity index (χ1v) is 6.36. The van der Waals surface area contributed by atoms with Crippen LogP contribution < -0.4 is 5.11 Å². The van der Waals surface area contributed by atoms with E-state index < -0.39 is 39.6 Å². The van der Waals surface area contributed by atoms with Crippen molar-refractivity contribution in [1.29, 1.82) is 0 Å². The van der Waals surface area contributed by atoms with Crippen LogP contribution in [0.2, 0.25) is 0 Å². The average molecular weight is 245 g/mol. The van der Waals surface area contributed by atoms with Crippen molar-refractivity contribution in [3.05, 3.63) is 35.6 Å². The molecule has 0 radical (unpaired) electrons. The van der Waals surface area contributed by atoms with Crippen molar-refractivity contribution in [2.75, 3.05) is 5.75 Å². The molecule has 16 heavy (non-hydrogen) atoms. The summed E-state index contributed by atoms with van der Waals surface area (Å²) in [7, 11) is -3.61. The molecule has 0 amide bonds. The molecule has 0 spiro atoms. The molecule has 0 N–H and O–H groups in total. The van der Waals surface area contributed by atoms with Gasteiger partial charge in [0.05, 0.1) is 11.5 Å². The van der Waals surface area contributed by atoms with Crippen molar-refractivity contribution >= 4 is 15.8 Å². The van der Waals surface area contributed by atoms with Crippen molar-refractivity contribution in [2.24, 2.45) is 0 Å². The second-order valence-electron chi connectivity index (χ2n) is 3.31. The zero-order valence-corrected chi connectivity index (χ0v) is 9.17. The van der Waals surface area contributed by atoms with E-state index >= 15 is 0 Å². The predicted octanol–water partition coefficient (Wildman–Crippen LogP) is -0.119. The van der Waals surface area contributed by atoms with Gasteiger partial charge in [0.15, 0.2) is 9.84 Å². The first-order valence-electron chi connectivity index (χ1n) is 4.54. The first kappa shape index (κ1) is 12.6. The third-order valence-corrected chi connectivity index (χ3v) is 3.53. The van der Waals surface area contributed by atoms with Crippen LogP contribution in [0.3, 0.4) is 0 Å². The van der Waals surface area contributed by atoms with Crippen LogP contribution in [0.1, 0.15) is 12.0 Å². The molecule has 1 aromatic rings. The Bertz CT molecular complexity index is 481. The van der Waals surface area contributed by atoms with Crippen molar-refractivity contribution < 1.29 is 22.7 Å². The molecule has 0 atom stereocenters. The maximum absolute atomic E-state index is 13.1. The maximum atomic E-state index is 13.1. The molecule has 0 aliphatic carbocycles. The van der Waals surface area contributed by atoms with E-state index in [0.717, 1.165) is 6.07 Å². The van der Waals surface area contributed by atoms with Gasteiger partial charge in [-0.3, -0.25) is 0 Å². The highest BCUT2D eigenvalue weighted by atomic mass is 32.2. The number of benzene rings is 1. The number of carbonyl (C=O) groups is 1. The summed E-state index contributed by atoms with van der Waals surface area (Å²) in [5, 5.41) is 10.1. The fraction of sp³-hybridized carbons (Fsp3) is 0.300. The highest BCUT2D eigenvalue weighted by molar-refractivity contribution is 7.90. The van der Waals surface area contributed by atoms with E-state index in [1.807, 2.05) is 0 Å². The minimum Gasteiger partial charge on any atom is -0.550 e. The van der Waals surface area contributed by atoms with Gasteiger partial charge < -0.3 is 9.90 Å². The van der Waals surface area contributed by atoms with E-state index in [4.69, 9.17) is 0 Å². The Hall–Kier alpha value is -1.43. The van der Waals surface area contributed by atoms with E-state index in [-0.39, 0.29) is 5.56 Å². The van der Waals surface area contributed by atoms with E-state index in [1.54, 1.807) is 0 Å². The van der Waals surface area contributed by atoms with Crippen LogP contribution in [0.4, 0.5) is 4.39 Å². The number of rotatable bonds is 5. The summed E-state index contributed by atoms with van der Waals surface area (Å²) in [6, 6.07) is 5.48. The van der Waals surface area contributed by atoms with Gasteiger partial charge in [-0.05, 0) is 6.07 Å². The van der Waals surface area contributed by atoms with Gasteiger partial charge in [-0.15, -0.1) is 0 Å². The molecule has 0 bridgehead atoms. The first-order chi connectivity index (χ1) is 7.41. The van der Waals surface area contributed by atoms with Crippen LogP contribution in [0, 0.1) is 5.82 Å². The third kappa shape index (κ3) is 3.98. The van der Waals surface area contributed by atoms with Gasteiger partial charge in [-0.25, -0.2) is 12.8 Å². The Morgan fingerprint density at radius 3 is 2.50 bits per heavy atom. The van der Waals surface area contributed by atoms with Crippen molar-refractivity contribution in [2.45, 2.75) is 12.2 Å². The summed E-state index contributed by atoms with van der Waals surface area (Å²) >= 11 is 0. The number of aliphatic carboxylic acids is 1. The fourth-order valence-electron chi connectivity index (χ4n) is 1.16. The molecule has 6 heteroatoms. The average Bonchev–Trinajstić information content (AvgIpc) is 2.19. The molecule has 88 valence electrons. The largest absolute Gasteiger partial charge is 0.550 e. The Kier molecular flexibility index (Phi) is 4.00. The summed E-state index contributed by atoms with van der Waals surface area (Å²) in [5.74, 6) is -3.08. The van der Waals surface area contributed by atoms with E-state index in [9.17, 15) is 22.7 Å². The van der Waals surface area contributed by atoms with Gasteiger partial charge in [-0.1, -0.05) is 18.2 Å². The molecule has 0 saturated carbocycles. The van der Waals surface area contributed by atoms with Gasteiger partial charge in [0.25, 0.3) is 0 Å². The predicted molar refractivity (Wildman–Crippen MR) is 53.5 cm³/mol. The lowest BCUT2D eigenvalue weighted by atomic mass is 10.2. The van der Waals surface area contributed by atoms with Crippen LogP contribution in [-0.2, 0) is 20.4 Å². The number of sulfone groups is 1. The zero-order chi connectivity index (χ0) is 12.2. The quantitative estimate of drug-likeness (QED) is 0.725. The molecule has 1 aromatic carbocycles. The number of carboxylic acids is 1. The van der Waals surface area contributed by atoms with Crippen LogP contribution in [0.15, 0.2) is 24.3 Å². The monoisotopic (exact) mass is 245 g/mol. The van der Waals surface area contributed by atoms with Crippen LogP contribution in [0.5, 0.6) is 0 Å². The van der Waals surface area contributed by atoms with E-state index in [2.05, 4.69) is 0 Å². The van der Waals surface area contributed by atoms with E-state index in [0.29, 0.717) is 0 Å². The molecule has 4 nitrogen and oxygen atoms in total. The minimum atomic E-state index is -3.61. The molecule has 0 unspecified atom stereocenters. The normalized spacial score (nSPS) is 11.3. The molecular formula is C10H10FO4S-. The molecule has 0 aromatic heterocycles. The van der Waals surface area contributed by atoms with Gasteiger partial charge in [0, 0.05) is 18.0 Å². The summed E-state index contributed by atoms with van der Waals surface area (Å²) in [6.07, 6.45) is -0.573. The van der Waals surface area contributed by atoms with E-state index in [1.165, 1.54) is 18.2 Å². The van der Waals surface area contributed by atoms with Gasteiger partial charge in [0.1, 0.15) is 5.82 Å². The molecule has 0 heterocycles. The lowest BCUT2D eigenvalue weighted by molar-refractivity contribution is -0.305. The summed E-state index contributed by atoms with van der Waals surface area (Å²) < 4.78 is 35.9. The maximum Gasteiger partial charge on any atom is 0.154 e. The van der Waals surface area contributed by atoms with Gasteiger partial charge in [-0.2, -0.15) is 0 Å². The topological polar surface area (TPSA) is 74.3 Å². The molecule has 1 rings (SSSR count). The highest BCUT2D eigenvalue weighted by Crippen LogP contribution is 2.11. The summed E-state index contributed by atoms with van der Waals surface area (Å²) in [5.41, 5.74) is 0.0425. The molecule has 0 saturated heterocycles. The number of hydrogen-bond donors (Lipinski definition) is 0. The standard InChI is InChI=1S/C10H11FO4S/c11-9-4-2-1-3-8(9)7-16(14,15)6-5-10(12)13/h1-4H,5-7H2,(H,12,13)/p-1. The lowest BCUT2D eigenvalue weighted by Gasteiger charge is -2.05. The second kappa shape index (κ2) is 5.07. The Labute approximate surface area is 92.6 Å². The Balaban J connectivity index is 2.73. The SMILES string of the molecule is O=C([O-])CCS(=O)(=O)Cc1ccccc1F. The fourth-order valence-corrected chi connectivity index (χ4v) is 2.49. The number of carboxylic acid groups (broad SMARTS) is 1. The van der Waals surface area contributed by atoms with Crippen molar-refractivity contribution in [3.8, 4) is 0 Å². The van der Waals surface area contributed by atoms with Crippen LogP contribution in [0.25, 0.3) is 0 Å². The van der Waals surface area contributed by atoms with Crippen LogP contribution >= 0.6 is 0 Å². The second-order valence-corrected chi connectivity index (χ2v) is 5.49. The Morgan fingerprint density at radius 1 is 1.31 bits per heavy atom.